The Morgan fingerprint density at radius 1 is 1.31 bits per heavy atom. The minimum absolute atomic E-state index is 0.327. The van der Waals surface area contributed by atoms with Gasteiger partial charge in [0.2, 0.25) is 0 Å². The molecule has 0 aromatic heterocycles. The maximum absolute atomic E-state index is 9.98. The van der Waals surface area contributed by atoms with Crippen molar-refractivity contribution >= 4 is 5.69 Å². The third-order valence-corrected chi connectivity index (χ3v) is 2.66. The van der Waals surface area contributed by atoms with Gasteiger partial charge in [-0.15, -0.1) is 0 Å². The van der Waals surface area contributed by atoms with Crippen LogP contribution in [0, 0.1) is 13.8 Å². The summed E-state index contributed by atoms with van der Waals surface area (Å²) in [6, 6.07) is 3.77. The van der Waals surface area contributed by atoms with Crippen molar-refractivity contribution in [2.75, 3.05) is 19.3 Å². The zero-order chi connectivity index (χ0) is 12.3. The third kappa shape index (κ3) is 2.72. The van der Waals surface area contributed by atoms with Gasteiger partial charge in [0.25, 0.3) is 0 Å². The highest BCUT2D eigenvalue weighted by Gasteiger charge is 2.20. The summed E-state index contributed by atoms with van der Waals surface area (Å²) in [5.41, 5.74) is 8.99. The van der Waals surface area contributed by atoms with Gasteiger partial charge in [0, 0.05) is 17.8 Å². The highest BCUT2D eigenvalue weighted by molar-refractivity contribution is 5.56. The van der Waals surface area contributed by atoms with Crippen LogP contribution in [0.4, 0.5) is 5.69 Å². The fourth-order valence-corrected chi connectivity index (χ4v) is 1.78. The van der Waals surface area contributed by atoms with Crippen molar-refractivity contribution in [1.29, 1.82) is 0 Å². The molecule has 0 heterocycles. The normalized spacial score (nSPS) is 14.8. The second-order valence-corrected chi connectivity index (χ2v) is 4.15. The molecule has 0 fully saturated rings. The van der Waals surface area contributed by atoms with E-state index in [2.05, 4.69) is 5.32 Å². The van der Waals surface area contributed by atoms with Gasteiger partial charge in [0.1, 0.15) is 6.10 Å². The van der Waals surface area contributed by atoms with E-state index in [1.54, 1.807) is 7.05 Å². The average molecular weight is 224 g/mol. The molecule has 0 amide bonds. The van der Waals surface area contributed by atoms with Crippen molar-refractivity contribution in [1.82, 2.24) is 5.32 Å². The predicted octanol–water partition coefficient (Wildman–Crippen LogP) is 0.499. The molecule has 1 aromatic carbocycles. The fourth-order valence-electron chi connectivity index (χ4n) is 1.78. The van der Waals surface area contributed by atoms with Crippen molar-refractivity contribution in [2.45, 2.75) is 26.1 Å². The first-order valence-electron chi connectivity index (χ1n) is 5.34. The molecule has 0 aliphatic heterocycles. The molecule has 0 saturated heterocycles. The molecule has 90 valence electrons. The minimum Gasteiger partial charge on any atom is -0.398 e. The Labute approximate surface area is 96.1 Å². The molecule has 2 unspecified atom stereocenters. The summed E-state index contributed by atoms with van der Waals surface area (Å²) < 4.78 is 0. The van der Waals surface area contributed by atoms with Gasteiger partial charge < -0.3 is 21.3 Å². The Morgan fingerprint density at radius 2 is 1.94 bits per heavy atom. The Balaban J connectivity index is 3.03. The van der Waals surface area contributed by atoms with E-state index in [1.807, 2.05) is 26.0 Å². The van der Waals surface area contributed by atoms with Gasteiger partial charge in [-0.25, -0.2) is 0 Å². The molecule has 4 heteroatoms. The van der Waals surface area contributed by atoms with Crippen LogP contribution in [0.3, 0.4) is 0 Å². The first-order chi connectivity index (χ1) is 7.47. The summed E-state index contributed by atoms with van der Waals surface area (Å²) in [6.45, 7) is 4.16. The quantitative estimate of drug-likeness (QED) is 0.562. The number of nitrogens with one attached hydrogen (secondary N) is 1. The fraction of sp³-hybridized carbons (Fsp3) is 0.500. The second kappa shape index (κ2) is 5.30. The number of nitrogens with two attached hydrogens (primary N) is 1. The maximum atomic E-state index is 9.98. The molecule has 2 atom stereocenters. The Kier molecular flexibility index (Phi) is 4.29. The summed E-state index contributed by atoms with van der Waals surface area (Å²) >= 11 is 0. The van der Waals surface area contributed by atoms with Gasteiger partial charge in [-0.05, 0) is 26.5 Å². The molecular weight excluding hydrogens is 204 g/mol. The highest BCUT2D eigenvalue weighted by atomic mass is 16.3. The number of aliphatic hydroxyl groups excluding tert-OH is 2. The maximum Gasteiger partial charge on any atom is 0.108 e. The van der Waals surface area contributed by atoms with Crippen LogP contribution >= 0.6 is 0 Å². The monoisotopic (exact) mass is 224 g/mol. The van der Waals surface area contributed by atoms with Gasteiger partial charge in [0.05, 0.1) is 6.10 Å². The van der Waals surface area contributed by atoms with Crippen molar-refractivity contribution in [3.8, 4) is 0 Å². The van der Waals surface area contributed by atoms with E-state index in [0.717, 1.165) is 11.1 Å². The highest BCUT2D eigenvalue weighted by Crippen LogP contribution is 2.27. The second-order valence-electron chi connectivity index (χ2n) is 4.15. The Morgan fingerprint density at radius 3 is 2.50 bits per heavy atom. The van der Waals surface area contributed by atoms with Gasteiger partial charge in [0.15, 0.2) is 0 Å². The number of anilines is 1. The molecule has 0 bridgehead atoms. The number of aliphatic hydroxyl groups is 2. The molecule has 16 heavy (non-hydrogen) atoms. The van der Waals surface area contributed by atoms with Gasteiger partial charge in [-0.3, -0.25) is 0 Å². The third-order valence-electron chi connectivity index (χ3n) is 2.66. The topological polar surface area (TPSA) is 78.5 Å². The first kappa shape index (κ1) is 13.0. The number of rotatable bonds is 4. The Hall–Kier alpha value is -1.10. The largest absolute Gasteiger partial charge is 0.398 e. The Bertz CT molecular complexity index is 366. The molecule has 4 nitrogen and oxygen atoms in total. The molecular formula is C12H20N2O2. The van der Waals surface area contributed by atoms with Crippen LogP contribution in [-0.2, 0) is 0 Å². The zero-order valence-corrected chi connectivity index (χ0v) is 9.99. The van der Waals surface area contributed by atoms with Crippen LogP contribution in [0.5, 0.6) is 0 Å². The lowest BCUT2D eigenvalue weighted by atomic mass is 9.97. The van der Waals surface area contributed by atoms with Crippen LogP contribution < -0.4 is 11.1 Å². The van der Waals surface area contributed by atoms with E-state index >= 15 is 0 Å². The van der Waals surface area contributed by atoms with E-state index in [1.165, 1.54) is 0 Å². The summed E-state index contributed by atoms with van der Waals surface area (Å²) in [7, 11) is 1.72. The van der Waals surface area contributed by atoms with Crippen LogP contribution in [-0.4, -0.2) is 29.9 Å². The van der Waals surface area contributed by atoms with E-state index in [0.29, 0.717) is 17.8 Å². The molecule has 1 rings (SSSR count). The summed E-state index contributed by atoms with van der Waals surface area (Å²) in [5, 5.41) is 22.5. The summed E-state index contributed by atoms with van der Waals surface area (Å²) in [5.74, 6) is 0. The van der Waals surface area contributed by atoms with Crippen molar-refractivity contribution in [2.24, 2.45) is 0 Å². The molecule has 0 saturated carbocycles. The lowest BCUT2D eigenvalue weighted by Gasteiger charge is -2.20. The van der Waals surface area contributed by atoms with Crippen LogP contribution in [0.15, 0.2) is 12.1 Å². The van der Waals surface area contributed by atoms with Crippen molar-refractivity contribution < 1.29 is 10.2 Å². The molecule has 1 aromatic rings. The number of benzene rings is 1. The zero-order valence-electron chi connectivity index (χ0n) is 9.99. The lowest BCUT2D eigenvalue weighted by Crippen LogP contribution is -2.30. The van der Waals surface area contributed by atoms with Gasteiger partial charge >= 0.3 is 0 Å². The number of aryl methyl sites for hydroxylation is 2. The van der Waals surface area contributed by atoms with Crippen LogP contribution in [0.25, 0.3) is 0 Å². The molecule has 0 aliphatic carbocycles. The SMILES string of the molecule is CNCC(O)C(O)c1cc(C)cc(C)c1N. The summed E-state index contributed by atoms with van der Waals surface area (Å²) in [4.78, 5) is 0. The number of hydrogen-bond acceptors (Lipinski definition) is 4. The smallest absolute Gasteiger partial charge is 0.108 e. The van der Waals surface area contributed by atoms with E-state index in [9.17, 15) is 10.2 Å². The van der Waals surface area contributed by atoms with Crippen LogP contribution in [0.1, 0.15) is 22.8 Å². The number of likely N-dealkylation sites (N-methyl/N-ethyl adjacent to an activating group) is 1. The number of hydrogen-bond donors (Lipinski definition) is 4. The molecule has 0 spiro atoms. The minimum atomic E-state index is -0.953. The van der Waals surface area contributed by atoms with Gasteiger partial charge in [-0.1, -0.05) is 17.7 Å². The summed E-state index contributed by atoms with van der Waals surface area (Å²) in [6.07, 6.45) is -1.81. The van der Waals surface area contributed by atoms with Crippen molar-refractivity contribution in [3.05, 3.63) is 28.8 Å². The lowest BCUT2D eigenvalue weighted by molar-refractivity contribution is 0.0206. The molecule has 0 radical (unpaired) electrons. The first-order valence-corrected chi connectivity index (χ1v) is 5.34. The van der Waals surface area contributed by atoms with E-state index in [-0.39, 0.29) is 0 Å². The van der Waals surface area contributed by atoms with Crippen LogP contribution in [0.2, 0.25) is 0 Å². The molecule has 0 aliphatic rings. The molecule has 5 N–H and O–H groups in total. The average Bonchev–Trinajstić information content (AvgIpc) is 2.22. The van der Waals surface area contributed by atoms with E-state index < -0.39 is 12.2 Å². The predicted molar refractivity (Wildman–Crippen MR) is 65.2 cm³/mol. The number of nitrogen functional groups attached to an aromatic ring is 1. The standard InChI is InChI=1S/C12H20N2O2/c1-7-4-8(2)11(13)9(5-7)12(16)10(15)6-14-3/h4-5,10,12,14-16H,6,13H2,1-3H3. The van der Waals surface area contributed by atoms with Gasteiger partial charge in [-0.2, -0.15) is 0 Å². The van der Waals surface area contributed by atoms with Crippen molar-refractivity contribution in [3.63, 3.8) is 0 Å². The van der Waals surface area contributed by atoms with E-state index in [4.69, 9.17) is 5.73 Å².